The second-order valence-corrected chi connectivity index (χ2v) is 5.29. The van der Waals surface area contributed by atoms with E-state index in [1.54, 1.807) is 24.3 Å². The predicted molar refractivity (Wildman–Crippen MR) is 80.9 cm³/mol. The summed E-state index contributed by atoms with van der Waals surface area (Å²) in [5.74, 6) is -0.122. The number of benzene rings is 2. The molecule has 0 saturated heterocycles. The Labute approximate surface area is 121 Å². The third-order valence-corrected chi connectivity index (χ3v) is 3.40. The van der Waals surface area contributed by atoms with Crippen molar-refractivity contribution in [2.24, 2.45) is 0 Å². The molecule has 1 unspecified atom stereocenters. The van der Waals surface area contributed by atoms with Crippen LogP contribution in [-0.4, -0.2) is 5.91 Å². The minimum atomic E-state index is -0.122. The van der Waals surface area contributed by atoms with Gasteiger partial charge in [-0.2, -0.15) is 0 Å². The Bertz CT molecular complexity index is 581. The minimum Gasteiger partial charge on any atom is -0.399 e. The molecule has 2 rings (SSSR count). The molecule has 19 heavy (non-hydrogen) atoms. The molecule has 0 saturated carbocycles. The SMILES string of the molecule is CC(NC(=O)c1cccc(N)c1)c1ccc(Br)cc1. The van der Waals surface area contributed by atoms with E-state index in [2.05, 4.69) is 21.2 Å². The fourth-order valence-corrected chi connectivity index (χ4v) is 2.06. The van der Waals surface area contributed by atoms with E-state index in [1.807, 2.05) is 31.2 Å². The van der Waals surface area contributed by atoms with Crippen molar-refractivity contribution in [3.63, 3.8) is 0 Å². The maximum atomic E-state index is 12.1. The maximum absolute atomic E-state index is 12.1. The van der Waals surface area contributed by atoms with Gasteiger partial charge in [0.15, 0.2) is 0 Å². The van der Waals surface area contributed by atoms with Gasteiger partial charge in [-0.05, 0) is 42.8 Å². The third-order valence-electron chi connectivity index (χ3n) is 2.87. The van der Waals surface area contributed by atoms with Crippen molar-refractivity contribution in [2.75, 3.05) is 5.73 Å². The van der Waals surface area contributed by atoms with Crippen LogP contribution >= 0.6 is 15.9 Å². The number of rotatable bonds is 3. The first-order valence-electron chi connectivity index (χ1n) is 5.98. The van der Waals surface area contributed by atoms with E-state index in [4.69, 9.17) is 5.73 Å². The third kappa shape index (κ3) is 3.58. The topological polar surface area (TPSA) is 55.1 Å². The molecular weight excluding hydrogens is 304 g/mol. The van der Waals surface area contributed by atoms with Gasteiger partial charge < -0.3 is 11.1 Å². The highest BCUT2D eigenvalue weighted by atomic mass is 79.9. The number of nitrogens with one attached hydrogen (secondary N) is 1. The first kappa shape index (κ1) is 13.6. The normalized spacial score (nSPS) is 11.9. The van der Waals surface area contributed by atoms with Crippen LogP contribution in [0, 0.1) is 0 Å². The molecule has 0 aliphatic heterocycles. The lowest BCUT2D eigenvalue weighted by Gasteiger charge is -2.14. The number of nitrogens with two attached hydrogens (primary N) is 1. The lowest BCUT2D eigenvalue weighted by atomic mass is 10.1. The summed E-state index contributed by atoms with van der Waals surface area (Å²) < 4.78 is 1.02. The molecule has 0 heterocycles. The number of anilines is 1. The molecule has 3 N–H and O–H groups in total. The zero-order chi connectivity index (χ0) is 13.8. The standard InChI is InChI=1S/C15H15BrN2O/c1-10(11-5-7-13(16)8-6-11)18-15(19)12-3-2-4-14(17)9-12/h2-10H,17H2,1H3,(H,18,19). The lowest BCUT2D eigenvalue weighted by Crippen LogP contribution is -2.26. The van der Waals surface area contributed by atoms with Crippen molar-refractivity contribution >= 4 is 27.5 Å². The molecule has 0 aliphatic carbocycles. The molecule has 4 heteroatoms. The maximum Gasteiger partial charge on any atom is 0.251 e. The molecule has 2 aromatic carbocycles. The van der Waals surface area contributed by atoms with Gasteiger partial charge in [0.25, 0.3) is 5.91 Å². The van der Waals surface area contributed by atoms with E-state index in [-0.39, 0.29) is 11.9 Å². The van der Waals surface area contributed by atoms with Gasteiger partial charge in [-0.25, -0.2) is 0 Å². The van der Waals surface area contributed by atoms with Crippen LogP contribution in [0.2, 0.25) is 0 Å². The fourth-order valence-electron chi connectivity index (χ4n) is 1.79. The van der Waals surface area contributed by atoms with Crippen molar-refractivity contribution in [3.05, 3.63) is 64.1 Å². The van der Waals surface area contributed by atoms with Crippen LogP contribution in [0.4, 0.5) is 5.69 Å². The van der Waals surface area contributed by atoms with Gasteiger partial charge in [0, 0.05) is 15.7 Å². The summed E-state index contributed by atoms with van der Waals surface area (Å²) in [6.45, 7) is 1.95. The zero-order valence-electron chi connectivity index (χ0n) is 10.6. The Morgan fingerprint density at radius 1 is 1.21 bits per heavy atom. The molecular formula is C15H15BrN2O. The Hall–Kier alpha value is -1.81. The Kier molecular flexibility index (Phi) is 4.22. The molecule has 3 nitrogen and oxygen atoms in total. The van der Waals surface area contributed by atoms with E-state index >= 15 is 0 Å². The van der Waals surface area contributed by atoms with Crippen molar-refractivity contribution in [2.45, 2.75) is 13.0 Å². The molecule has 0 aliphatic rings. The van der Waals surface area contributed by atoms with E-state index < -0.39 is 0 Å². The molecule has 0 bridgehead atoms. The average Bonchev–Trinajstić information content (AvgIpc) is 2.39. The summed E-state index contributed by atoms with van der Waals surface area (Å²) >= 11 is 3.39. The van der Waals surface area contributed by atoms with Crippen LogP contribution in [0.25, 0.3) is 0 Å². The fraction of sp³-hybridized carbons (Fsp3) is 0.133. The Balaban J connectivity index is 2.08. The van der Waals surface area contributed by atoms with Gasteiger partial charge >= 0.3 is 0 Å². The van der Waals surface area contributed by atoms with Crippen molar-refractivity contribution in [1.82, 2.24) is 5.32 Å². The van der Waals surface area contributed by atoms with Crippen molar-refractivity contribution in [1.29, 1.82) is 0 Å². The summed E-state index contributed by atoms with van der Waals surface area (Å²) in [7, 11) is 0. The highest BCUT2D eigenvalue weighted by Crippen LogP contribution is 2.17. The van der Waals surface area contributed by atoms with Crippen molar-refractivity contribution in [3.8, 4) is 0 Å². The summed E-state index contributed by atoms with van der Waals surface area (Å²) in [6.07, 6.45) is 0. The van der Waals surface area contributed by atoms with Crippen LogP contribution in [0.1, 0.15) is 28.9 Å². The van der Waals surface area contributed by atoms with Gasteiger partial charge in [0.05, 0.1) is 6.04 Å². The largest absolute Gasteiger partial charge is 0.399 e. The monoisotopic (exact) mass is 318 g/mol. The first-order valence-corrected chi connectivity index (χ1v) is 6.77. The van der Waals surface area contributed by atoms with Crippen LogP contribution in [0.5, 0.6) is 0 Å². The summed E-state index contributed by atoms with van der Waals surface area (Å²) in [5, 5.41) is 2.95. The minimum absolute atomic E-state index is 0.0537. The van der Waals surface area contributed by atoms with E-state index in [0.717, 1.165) is 10.0 Å². The van der Waals surface area contributed by atoms with E-state index in [1.165, 1.54) is 0 Å². The summed E-state index contributed by atoms with van der Waals surface area (Å²) in [6, 6.07) is 14.8. The molecule has 0 fully saturated rings. The van der Waals surface area contributed by atoms with Crippen LogP contribution in [-0.2, 0) is 0 Å². The van der Waals surface area contributed by atoms with Gasteiger partial charge in [-0.1, -0.05) is 34.1 Å². The van der Waals surface area contributed by atoms with Crippen molar-refractivity contribution < 1.29 is 4.79 Å². The van der Waals surface area contributed by atoms with Crippen LogP contribution in [0.15, 0.2) is 53.0 Å². The van der Waals surface area contributed by atoms with Crippen LogP contribution in [0.3, 0.4) is 0 Å². The predicted octanol–water partition coefficient (Wildman–Crippen LogP) is 3.52. The first-order chi connectivity index (χ1) is 9.06. The smallest absolute Gasteiger partial charge is 0.251 e. The molecule has 2 aromatic rings. The molecule has 1 atom stereocenters. The number of amides is 1. The van der Waals surface area contributed by atoms with Gasteiger partial charge in [0.1, 0.15) is 0 Å². The molecule has 0 aromatic heterocycles. The number of halogens is 1. The highest BCUT2D eigenvalue weighted by Gasteiger charge is 2.11. The summed E-state index contributed by atoms with van der Waals surface area (Å²) in [5.41, 5.74) is 7.89. The zero-order valence-corrected chi connectivity index (χ0v) is 12.1. The molecule has 0 spiro atoms. The highest BCUT2D eigenvalue weighted by molar-refractivity contribution is 9.10. The Morgan fingerprint density at radius 3 is 2.53 bits per heavy atom. The number of carbonyl (C=O) groups is 1. The lowest BCUT2D eigenvalue weighted by molar-refractivity contribution is 0.0940. The second kappa shape index (κ2) is 5.89. The second-order valence-electron chi connectivity index (χ2n) is 4.37. The van der Waals surface area contributed by atoms with Crippen LogP contribution < -0.4 is 11.1 Å². The number of hydrogen-bond acceptors (Lipinski definition) is 2. The Morgan fingerprint density at radius 2 is 1.89 bits per heavy atom. The molecule has 0 radical (unpaired) electrons. The molecule has 1 amide bonds. The van der Waals surface area contributed by atoms with Gasteiger partial charge in [-0.3, -0.25) is 4.79 Å². The summed E-state index contributed by atoms with van der Waals surface area (Å²) in [4.78, 5) is 12.1. The molecule has 98 valence electrons. The quantitative estimate of drug-likeness (QED) is 0.851. The number of nitrogen functional groups attached to an aromatic ring is 1. The van der Waals surface area contributed by atoms with Gasteiger partial charge in [-0.15, -0.1) is 0 Å². The van der Waals surface area contributed by atoms with E-state index in [9.17, 15) is 4.79 Å². The van der Waals surface area contributed by atoms with Gasteiger partial charge in [0.2, 0.25) is 0 Å². The number of carbonyl (C=O) groups excluding carboxylic acids is 1. The van der Waals surface area contributed by atoms with E-state index in [0.29, 0.717) is 11.3 Å². The average molecular weight is 319 g/mol. The number of hydrogen-bond donors (Lipinski definition) is 2.